The number of nitrogens with one attached hydrogen (secondary N) is 2. The second-order valence-corrected chi connectivity index (χ2v) is 8.92. The normalized spacial score (nSPS) is 12.0. The maximum Gasteiger partial charge on any atom is 0.224 e. The first-order valence-corrected chi connectivity index (χ1v) is 11.7. The molecular weight excluding hydrogens is 477 g/mol. The summed E-state index contributed by atoms with van der Waals surface area (Å²) in [6.07, 6.45) is 1.87. The average molecular weight is 501 g/mol. The van der Waals surface area contributed by atoms with Crippen molar-refractivity contribution in [3.8, 4) is 16.9 Å². The molecule has 1 atom stereocenters. The highest BCUT2D eigenvalue weighted by molar-refractivity contribution is 5.90. The Hall–Kier alpha value is -4.52. The van der Waals surface area contributed by atoms with E-state index in [1.165, 1.54) is 24.3 Å². The van der Waals surface area contributed by atoms with Gasteiger partial charge in [-0.2, -0.15) is 0 Å². The zero-order valence-corrected chi connectivity index (χ0v) is 19.6. The van der Waals surface area contributed by atoms with Crippen LogP contribution in [0.3, 0.4) is 0 Å². The number of carbonyl (C=O) groups is 1. The Morgan fingerprint density at radius 2 is 1.59 bits per heavy atom. The second-order valence-electron chi connectivity index (χ2n) is 8.92. The molecule has 1 heterocycles. The lowest BCUT2D eigenvalue weighted by Crippen LogP contribution is -2.31. The van der Waals surface area contributed by atoms with E-state index >= 15 is 0 Å². The number of amides is 1. The fraction of sp³-hybridized carbons (Fsp3) is 0.100. The van der Waals surface area contributed by atoms with Crippen LogP contribution in [0.5, 0.6) is 5.75 Å². The number of H-pyrrole nitrogens is 1. The van der Waals surface area contributed by atoms with Crippen LogP contribution in [0, 0.1) is 17.5 Å². The van der Waals surface area contributed by atoms with Crippen molar-refractivity contribution in [1.82, 2.24) is 10.3 Å². The SMILES string of the molecule is O=C(Cc1c[nH]c2ccc(O)cc12)N[C@@H](Cc1cc(F)cc(F)c1)c1ccccc1-c1ccc(F)cc1. The Balaban J connectivity index is 1.49. The highest BCUT2D eigenvalue weighted by Crippen LogP contribution is 2.31. The van der Waals surface area contributed by atoms with E-state index in [2.05, 4.69) is 10.3 Å². The summed E-state index contributed by atoms with van der Waals surface area (Å²) in [5.74, 6) is -1.99. The van der Waals surface area contributed by atoms with Crippen LogP contribution in [0.4, 0.5) is 13.2 Å². The number of aromatic amines is 1. The Morgan fingerprint density at radius 1 is 0.865 bits per heavy atom. The van der Waals surface area contributed by atoms with Crippen LogP contribution >= 0.6 is 0 Å². The summed E-state index contributed by atoms with van der Waals surface area (Å²) in [6, 6.07) is 20.9. The van der Waals surface area contributed by atoms with E-state index < -0.39 is 17.7 Å². The molecule has 1 aromatic heterocycles. The molecule has 0 bridgehead atoms. The Kier molecular flexibility index (Phi) is 6.68. The van der Waals surface area contributed by atoms with Gasteiger partial charge in [-0.25, -0.2) is 13.2 Å². The minimum absolute atomic E-state index is 0.0240. The van der Waals surface area contributed by atoms with E-state index in [0.717, 1.165) is 33.7 Å². The third-order valence-electron chi connectivity index (χ3n) is 6.29. The van der Waals surface area contributed by atoms with Crippen molar-refractivity contribution in [2.24, 2.45) is 0 Å². The summed E-state index contributed by atoms with van der Waals surface area (Å²) in [5.41, 5.74) is 4.10. The van der Waals surface area contributed by atoms with Crippen molar-refractivity contribution < 1.29 is 23.1 Å². The summed E-state index contributed by atoms with van der Waals surface area (Å²) in [6.45, 7) is 0. The number of carbonyl (C=O) groups excluding carboxylic acids is 1. The predicted molar refractivity (Wildman–Crippen MR) is 136 cm³/mol. The minimum Gasteiger partial charge on any atom is -0.508 e. The molecule has 0 aliphatic carbocycles. The average Bonchev–Trinajstić information content (AvgIpc) is 3.25. The Labute approximate surface area is 211 Å². The molecule has 1 amide bonds. The summed E-state index contributed by atoms with van der Waals surface area (Å²) in [4.78, 5) is 16.3. The largest absolute Gasteiger partial charge is 0.508 e. The van der Waals surface area contributed by atoms with Gasteiger partial charge in [-0.15, -0.1) is 0 Å². The van der Waals surface area contributed by atoms with Crippen LogP contribution in [-0.2, 0) is 17.6 Å². The van der Waals surface area contributed by atoms with E-state index in [1.54, 1.807) is 36.5 Å². The van der Waals surface area contributed by atoms with Crippen LogP contribution in [0.2, 0.25) is 0 Å². The summed E-state index contributed by atoms with van der Waals surface area (Å²) in [5, 5.41) is 13.6. The van der Waals surface area contributed by atoms with Crippen molar-refractivity contribution >= 4 is 16.8 Å². The summed E-state index contributed by atoms with van der Waals surface area (Å²) >= 11 is 0. The molecule has 5 rings (SSSR count). The zero-order valence-electron chi connectivity index (χ0n) is 19.6. The molecule has 186 valence electrons. The summed E-state index contributed by atoms with van der Waals surface area (Å²) < 4.78 is 41.5. The van der Waals surface area contributed by atoms with Gasteiger partial charge in [0.05, 0.1) is 12.5 Å². The van der Waals surface area contributed by atoms with Crippen molar-refractivity contribution in [2.45, 2.75) is 18.9 Å². The van der Waals surface area contributed by atoms with Gasteiger partial charge < -0.3 is 15.4 Å². The number of hydrogen-bond acceptors (Lipinski definition) is 2. The van der Waals surface area contributed by atoms with Crippen LogP contribution in [0.15, 0.2) is 91.1 Å². The second kappa shape index (κ2) is 10.2. The third kappa shape index (κ3) is 5.51. The molecule has 0 aliphatic rings. The highest BCUT2D eigenvalue weighted by Gasteiger charge is 2.21. The maximum atomic E-state index is 14.0. The lowest BCUT2D eigenvalue weighted by atomic mass is 9.91. The van der Waals surface area contributed by atoms with Crippen molar-refractivity contribution in [2.75, 3.05) is 0 Å². The molecule has 5 aromatic rings. The molecule has 0 unspecified atom stereocenters. The fourth-order valence-electron chi connectivity index (χ4n) is 4.63. The molecule has 7 heteroatoms. The number of aromatic nitrogens is 1. The molecule has 4 aromatic carbocycles. The molecule has 0 spiro atoms. The highest BCUT2D eigenvalue weighted by atomic mass is 19.1. The monoisotopic (exact) mass is 500 g/mol. The molecule has 0 aliphatic heterocycles. The number of halogens is 3. The molecular formula is C30H23F3N2O2. The van der Waals surface area contributed by atoms with Crippen LogP contribution in [0.1, 0.15) is 22.7 Å². The molecule has 0 saturated carbocycles. The first-order chi connectivity index (χ1) is 17.9. The van der Waals surface area contributed by atoms with Gasteiger partial charge in [0, 0.05) is 23.2 Å². The number of fused-ring (bicyclic) bond motifs is 1. The Bertz CT molecular complexity index is 1560. The third-order valence-corrected chi connectivity index (χ3v) is 6.29. The van der Waals surface area contributed by atoms with Gasteiger partial charge in [-0.1, -0.05) is 36.4 Å². The number of rotatable bonds is 7. The number of phenolic OH excluding ortho intramolecular Hbond substituents is 1. The standard InChI is InChI=1S/C30H23F3N2O2/c31-21-7-5-19(6-8-21)25-3-1-2-4-26(25)29(13-18-11-22(32)15-23(33)12-18)35-30(37)14-20-17-34-28-10-9-24(36)16-27(20)28/h1-12,15-17,29,34,36H,13-14H2,(H,35,37)/t29-/m0/s1. The van der Waals surface area contributed by atoms with Gasteiger partial charge in [0.1, 0.15) is 23.2 Å². The molecule has 4 nitrogen and oxygen atoms in total. The van der Waals surface area contributed by atoms with Crippen LogP contribution < -0.4 is 5.32 Å². The van der Waals surface area contributed by atoms with E-state index in [1.807, 2.05) is 24.3 Å². The van der Waals surface area contributed by atoms with Gasteiger partial charge in [0.15, 0.2) is 0 Å². The van der Waals surface area contributed by atoms with Gasteiger partial charge >= 0.3 is 0 Å². The number of phenols is 1. The van der Waals surface area contributed by atoms with Gasteiger partial charge in [0.2, 0.25) is 5.91 Å². The van der Waals surface area contributed by atoms with Crippen LogP contribution in [0.25, 0.3) is 22.0 Å². The maximum absolute atomic E-state index is 14.0. The number of benzene rings is 4. The molecule has 0 fully saturated rings. The molecule has 0 saturated heterocycles. The van der Waals surface area contributed by atoms with Crippen molar-refractivity contribution in [3.05, 3.63) is 125 Å². The molecule has 0 radical (unpaired) electrons. The van der Waals surface area contributed by atoms with Crippen molar-refractivity contribution in [3.63, 3.8) is 0 Å². The first-order valence-electron chi connectivity index (χ1n) is 11.7. The lowest BCUT2D eigenvalue weighted by Gasteiger charge is -2.23. The number of hydrogen-bond donors (Lipinski definition) is 3. The van der Waals surface area contributed by atoms with Crippen molar-refractivity contribution in [1.29, 1.82) is 0 Å². The van der Waals surface area contributed by atoms with Gasteiger partial charge in [0.25, 0.3) is 0 Å². The molecule has 37 heavy (non-hydrogen) atoms. The van der Waals surface area contributed by atoms with E-state index in [9.17, 15) is 23.1 Å². The molecule has 3 N–H and O–H groups in total. The number of aromatic hydroxyl groups is 1. The Morgan fingerprint density at radius 3 is 2.35 bits per heavy atom. The summed E-state index contributed by atoms with van der Waals surface area (Å²) in [7, 11) is 0. The van der Waals surface area contributed by atoms with Crippen LogP contribution in [-0.4, -0.2) is 16.0 Å². The van der Waals surface area contributed by atoms with Gasteiger partial charge in [-0.05, 0) is 76.7 Å². The topological polar surface area (TPSA) is 65.1 Å². The lowest BCUT2D eigenvalue weighted by molar-refractivity contribution is -0.121. The van der Waals surface area contributed by atoms with Gasteiger partial charge in [-0.3, -0.25) is 4.79 Å². The smallest absolute Gasteiger partial charge is 0.224 e. The quantitative estimate of drug-likeness (QED) is 0.236. The fourth-order valence-corrected chi connectivity index (χ4v) is 4.63. The van der Waals surface area contributed by atoms with E-state index in [-0.39, 0.29) is 30.3 Å². The predicted octanol–water partition coefficient (Wildman–Crippen LogP) is 6.60. The first kappa shape index (κ1) is 24.2. The van der Waals surface area contributed by atoms with E-state index in [0.29, 0.717) is 11.1 Å². The minimum atomic E-state index is -0.703. The zero-order chi connectivity index (χ0) is 25.9. The van der Waals surface area contributed by atoms with E-state index in [4.69, 9.17) is 0 Å².